The third-order valence-electron chi connectivity index (χ3n) is 3.56. The van der Waals surface area contributed by atoms with Gasteiger partial charge in [0.1, 0.15) is 5.76 Å². The van der Waals surface area contributed by atoms with Gasteiger partial charge in [0.05, 0.1) is 24.8 Å². The predicted octanol–water partition coefficient (Wildman–Crippen LogP) is 3.31. The summed E-state index contributed by atoms with van der Waals surface area (Å²) in [7, 11) is 0. The van der Waals surface area contributed by atoms with E-state index in [4.69, 9.17) is 4.42 Å². The minimum Gasteiger partial charge on any atom is -0.467 e. The summed E-state index contributed by atoms with van der Waals surface area (Å²) in [5.41, 5.74) is 1.15. The maximum atomic E-state index is 11.8. The van der Waals surface area contributed by atoms with Gasteiger partial charge in [-0.1, -0.05) is 30.3 Å². The molecule has 1 aromatic carbocycles. The normalized spacial score (nSPS) is 20.6. The second kappa shape index (κ2) is 4.33. The zero-order chi connectivity index (χ0) is 12.5. The highest BCUT2D eigenvalue weighted by Gasteiger charge is 2.41. The summed E-state index contributed by atoms with van der Waals surface area (Å²) in [6.07, 6.45) is 2.20. The van der Waals surface area contributed by atoms with E-state index in [0.717, 1.165) is 11.3 Å². The molecule has 3 nitrogen and oxygen atoms in total. The first-order valence-corrected chi connectivity index (χ1v) is 6.17. The van der Waals surface area contributed by atoms with Gasteiger partial charge in [-0.3, -0.25) is 4.79 Å². The van der Waals surface area contributed by atoms with Gasteiger partial charge in [0.2, 0.25) is 5.91 Å². The van der Waals surface area contributed by atoms with Gasteiger partial charge in [-0.2, -0.15) is 0 Å². The second-order valence-corrected chi connectivity index (χ2v) is 4.62. The number of hydrogen-bond acceptors (Lipinski definition) is 2. The minimum absolute atomic E-state index is 0.0857. The van der Waals surface area contributed by atoms with Crippen molar-refractivity contribution in [2.75, 3.05) is 0 Å². The summed E-state index contributed by atoms with van der Waals surface area (Å²) in [4.78, 5) is 13.7. The number of benzene rings is 1. The lowest BCUT2D eigenvalue weighted by atomic mass is 9.94. The van der Waals surface area contributed by atoms with Crippen LogP contribution in [-0.4, -0.2) is 10.8 Å². The molecule has 1 fully saturated rings. The number of amides is 1. The van der Waals surface area contributed by atoms with Crippen LogP contribution in [0.1, 0.15) is 36.8 Å². The number of hydrogen-bond donors (Lipinski definition) is 0. The van der Waals surface area contributed by atoms with E-state index in [2.05, 4.69) is 19.1 Å². The summed E-state index contributed by atoms with van der Waals surface area (Å²) in [6.45, 7) is 2.06. The summed E-state index contributed by atoms with van der Waals surface area (Å²) in [5.74, 6) is 1.06. The van der Waals surface area contributed by atoms with Crippen molar-refractivity contribution in [2.24, 2.45) is 0 Å². The molecule has 0 saturated carbocycles. The smallest absolute Gasteiger partial charge is 0.226 e. The average Bonchev–Trinajstić information content (AvgIpc) is 2.90. The van der Waals surface area contributed by atoms with E-state index in [1.54, 1.807) is 6.26 Å². The van der Waals surface area contributed by atoms with Gasteiger partial charge in [-0.15, -0.1) is 0 Å². The van der Waals surface area contributed by atoms with Crippen molar-refractivity contribution in [3.63, 3.8) is 0 Å². The SMILES string of the molecule is CC(c1ccccc1)N1C(=O)C[C@@H]1c1ccco1. The Balaban J connectivity index is 1.84. The first-order valence-electron chi connectivity index (χ1n) is 6.17. The van der Waals surface area contributed by atoms with Crippen molar-refractivity contribution in [3.8, 4) is 0 Å². The molecule has 3 rings (SSSR count). The maximum Gasteiger partial charge on any atom is 0.226 e. The molecular weight excluding hydrogens is 226 g/mol. The van der Waals surface area contributed by atoms with Gasteiger partial charge in [0, 0.05) is 0 Å². The lowest BCUT2D eigenvalue weighted by Gasteiger charge is -2.43. The lowest BCUT2D eigenvalue weighted by Crippen LogP contribution is -2.47. The first kappa shape index (κ1) is 11.1. The number of carbonyl (C=O) groups excluding carboxylic acids is 1. The molecule has 2 atom stereocenters. The fourth-order valence-electron chi connectivity index (χ4n) is 2.53. The van der Waals surface area contributed by atoms with Crippen LogP contribution >= 0.6 is 0 Å². The molecule has 1 saturated heterocycles. The van der Waals surface area contributed by atoms with Crippen LogP contribution in [0.2, 0.25) is 0 Å². The van der Waals surface area contributed by atoms with Crippen LogP contribution in [0.5, 0.6) is 0 Å². The highest BCUT2D eigenvalue weighted by molar-refractivity contribution is 5.83. The standard InChI is InChI=1S/C15H15NO2/c1-11(12-6-3-2-4-7-12)16-13(10-15(16)17)14-8-5-9-18-14/h2-9,11,13H,10H2,1H3/t11?,13-/m1/s1. The summed E-state index contributed by atoms with van der Waals surface area (Å²) >= 11 is 0. The van der Waals surface area contributed by atoms with Crippen LogP contribution in [0.25, 0.3) is 0 Å². The van der Waals surface area contributed by atoms with Crippen molar-refractivity contribution >= 4 is 5.91 Å². The van der Waals surface area contributed by atoms with Crippen molar-refractivity contribution in [1.29, 1.82) is 0 Å². The van der Waals surface area contributed by atoms with Crippen LogP contribution in [-0.2, 0) is 4.79 Å². The molecule has 0 radical (unpaired) electrons. The number of nitrogens with zero attached hydrogens (tertiary/aromatic N) is 1. The summed E-state index contributed by atoms with van der Waals surface area (Å²) in [5, 5.41) is 0. The van der Waals surface area contributed by atoms with E-state index in [1.165, 1.54) is 0 Å². The third-order valence-corrected chi connectivity index (χ3v) is 3.56. The molecule has 1 unspecified atom stereocenters. The minimum atomic E-state index is 0.0857. The maximum absolute atomic E-state index is 11.8. The molecule has 0 aliphatic carbocycles. The molecule has 92 valence electrons. The second-order valence-electron chi connectivity index (χ2n) is 4.62. The van der Waals surface area contributed by atoms with Crippen molar-refractivity contribution < 1.29 is 9.21 Å². The zero-order valence-corrected chi connectivity index (χ0v) is 10.2. The molecule has 0 bridgehead atoms. The van der Waals surface area contributed by atoms with Crippen LogP contribution in [0.3, 0.4) is 0 Å². The molecule has 0 N–H and O–H groups in total. The fraction of sp³-hybridized carbons (Fsp3) is 0.267. The van der Waals surface area contributed by atoms with E-state index in [0.29, 0.717) is 6.42 Å². The molecule has 3 heteroatoms. The Hall–Kier alpha value is -2.03. The Kier molecular flexibility index (Phi) is 2.67. The molecule has 1 aliphatic heterocycles. The number of β-lactam (4-membered cyclic amide) rings is 1. The van der Waals surface area contributed by atoms with Gasteiger partial charge in [0.15, 0.2) is 0 Å². The average molecular weight is 241 g/mol. The highest BCUT2D eigenvalue weighted by atomic mass is 16.3. The molecule has 1 aliphatic rings. The number of rotatable bonds is 3. The van der Waals surface area contributed by atoms with Gasteiger partial charge in [-0.05, 0) is 24.6 Å². The van der Waals surface area contributed by atoms with Crippen molar-refractivity contribution in [3.05, 3.63) is 60.1 Å². The fourth-order valence-corrected chi connectivity index (χ4v) is 2.53. The van der Waals surface area contributed by atoms with E-state index in [9.17, 15) is 4.79 Å². The van der Waals surface area contributed by atoms with Crippen LogP contribution in [0, 0.1) is 0 Å². The van der Waals surface area contributed by atoms with Gasteiger partial charge in [0.25, 0.3) is 0 Å². The van der Waals surface area contributed by atoms with Crippen molar-refractivity contribution in [2.45, 2.75) is 25.4 Å². The van der Waals surface area contributed by atoms with Gasteiger partial charge in [-0.25, -0.2) is 0 Å². The molecule has 1 amide bonds. The number of furan rings is 1. The Bertz CT molecular complexity index is 533. The largest absolute Gasteiger partial charge is 0.467 e. The highest BCUT2D eigenvalue weighted by Crippen LogP contribution is 2.41. The zero-order valence-electron chi connectivity index (χ0n) is 10.2. The van der Waals surface area contributed by atoms with Crippen LogP contribution in [0.15, 0.2) is 53.1 Å². The quantitative estimate of drug-likeness (QED) is 0.772. The number of likely N-dealkylation sites (tertiary alicyclic amines) is 1. The van der Waals surface area contributed by atoms with E-state index >= 15 is 0 Å². The molecule has 0 spiro atoms. The molecule has 1 aromatic heterocycles. The number of carbonyl (C=O) groups is 1. The predicted molar refractivity (Wildman–Crippen MR) is 67.8 cm³/mol. The third kappa shape index (κ3) is 1.72. The molecule has 2 aromatic rings. The van der Waals surface area contributed by atoms with E-state index in [1.807, 2.05) is 35.2 Å². The Morgan fingerprint density at radius 1 is 1.22 bits per heavy atom. The summed E-state index contributed by atoms with van der Waals surface area (Å²) < 4.78 is 5.41. The molecule has 18 heavy (non-hydrogen) atoms. The van der Waals surface area contributed by atoms with Gasteiger partial charge < -0.3 is 9.32 Å². The van der Waals surface area contributed by atoms with Gasteiger partial charge >= 0.3 is 0 Å². The van der Waals surface area contributed by atoms with Crippen LogP contribution < -0.4 is 0 Å². The Morgan fingerprint density at radius 2 is 2.00 bits per heavy atom. The topological polar surface area (TPSA) is 33.5 Å². The first-order chi connectivity index (χ1) is 8.77. The van der Waals surface area contributed by atoms with E-state index < -0.39 is 0 Å². The molecular formula is C15H15NO2. The van der Waals surface area contributed by atoms with Crippen molar-refractivity contribution in [1.82, 2.24) is 4.90 Å². The summed E-state index contributed by atoms with van der Waals surface area (Å²) in [6, 6.07) is 14.1. The Morgan fingerprint density at radius 3 is 2.61 bits per heavy atom. The lowest BCUT2D eigenvalue weighted by molar-refractivity contribution is -0.151. The van der Waals surface area contributed by atoms with Crippen LogP contribution in [0.4, 0.5) is 0 Å². The Labute approximate surface area is 106 Å². The van der Waals surface area contributed by atoms with E-state index in [-0.39, 0.29) is 18.0 Å². The monoisotopic (exact) mass is 241 g/mol. The molecule has 2 heterocycles.